The van der Waals surface area contributed by atoms with E-state index in [1.807, 2.05) is 0 Å². The van der Waals surface area contributed by atoms with Crippen LogP contribution in [0.25, 0.3) is 0 Å². The predicted octanol–water partition coefficient (Wildman–Crippen LogP) is 2.21. The Labute approximate surface area is 88.2 Å². The molecule has 0 aromatic carbocycles. The molecular formula is C9H13Cl2NO. The van der Waals surface area contributed by atoms with Crippen molar-refractivity contribution in [2.45, 2.75) is 37.5 Å². The minimum atomic E-state index is 0.407. The highest BCUT2D eigenvalue weighted by atomic mass is 35.5. The Morgan fingerprint density at radius 3 is 2.92 bits per heavy atom. The van der Waals surface area contributed by atoms with Gasteiger partial charge < -0.3 is 10.1 Å². The van der Waals surface area contributed by atoms with Crippen LogP contribution in [-0.2, 0) is 4.74 Å². The number of fused-ring (bicyclic) bond motifs is 2. The molecule has 2 aliphatic rings. The van der Waals surface area contributed by atoms with Gasteiger partial charge in [0, 0.05) is 23.2 Å². The molecule has 1 N–H and O–H groups in total. The van der Waals surface area contributed by atoms with Crippen LogP contribution in [0.3, 0.4) is 0 Å². The maximum absolute atomic E-state index is 5.77. The first-order valence-corrected chi connectivity index (χ1v) is 5.44. The summed E-state index contributed by atoms with van der Waals surface area (Å²) in [7, 11) is 0. The smallest absolute Gasteiger partial charge is 0.0733 e. The van der Waals surface area contributed by atoms with Gasteiger partial charge in [0.2, 0.25) is 0 Å². The summed E-state index contributed by atoms with van der Waals surface area (Å²) in [6, 6.07) is 0.476. The molecule has 0 aromatic heterocycles. The summed E-state index contributed by atoms with van der Waals surface area (Å²) < 4.78 is 5.69. The number of hydrogen-bond acceptors (Lipinski definition) is 2. The van der Waals surface area contributed by atoms with Crippen molar-refractivity contribution in [2.24, 2.45) is 0 Å². The van der Waals surface area contributed by atoms with Crippen LogP contribution in [0.2, 0.25) is 0 Å². The Kier molecular flexibility index (Phi) is 3.14. The van der Waals surface area contributed by atoms with Gasteiger partial charge in [0.05, 0.1) is 12.2 Å². The molecule has 0 amide bonds. The molecule has 0 radical (unpaired) electrons. The van der Waals surface area contributed by atoms with E-state index in [4.69, 9.17) is 27.9 Å². The molecule has 0 spiro atoms. The van der Waals surface area contributed by atoms with E-state index in [9.17, 15) is 0 Å². The normalized spacial score (nSPS) is 38.6. The molecule has 0 saturated carbocycles. The molecule has 2 fully saturated rings. The van der Waals surface area contributed by atoms with Crippen molar-refractivity contribution >= 4 is 23.2 Å². The van der Waals surface area contributed by atoms with Crippen molar-refractivity contribution in [3.63, 3.8) is 0 Å². The molecular weight excluding hydrogens is 209 g/mol. The molecule has 3 atom stereocenters. The van der Waals surface area contributed by atoms with E-state index in [0.717, 1.165) is 6.42 Å². The van der Waals surface area contributed by atoms with Gasteiger partial charge in [-0.3, -0.25) is 0 Å². The summed E-state index contributed by atoms with van der Waals surface area (Å²) in [5.41, 5.74) is 1.41. The zero-order valence-corrected chi connectivity index (χ0v) is 8.81. The Morgan fingerprint density at radius 1 is 1.54 bits per heavy atom. The van der Waals surface area contributed by atoms with Crippen molar-refractivity contribution in [2.75, 3.05) is 6.54 Å². The summed E-state index contributed by atoms with van der Waals surface area (Å²) in [5.74, 6) is 0. The lowest BCUT2D eigenvalue weighted by Gasteiger charge is -2.19. The van der Waals surface area contributed by atoms with Crippen LogP contribution in [0.15, 0.2) is 10.6 Å². The molecule has 2 rings (SSSR count). The summed E-state index contributed by atoms with van der Waals surface area (Å²) in [6.45, 7) is 0.655. The number of halogens is 2. The van der Waals surface area contributed by atoms with Crippen molar-refractivity contribution < 1.29 is 4.74 Å². The maximum atomic E-state index is 5.77. The van der Waals surface area contributed by atoms with Crippen LogP contribution < -0.4 is 5.32 Å². The lowest BCUT2D eigenvalue weighted by molar-refractivity contribution is 0.0978. The highest BCUT2D eigenvalue weighted by Crippen LogP contribution is 2.34. The van der Waals surface area contributed by atoms with E-state index < -0.39 is 0 Å². The summed E-state index contributed by atoms with van der Waals surface area (Å²) >= 11 is 11.2. The molecule has 2 saturated heterocycles. The van der Waals surface area contributed by atoms with E-state index in [-0.39, 0.29) is 0 Å². The standard InChI is InChI=1S/C9H13Cl2NO/c10-4-6(11)5-12-8-3-7-1-2-9(8)13-7/h4,7-9,12H,1-3,5H2/b6-4+. The Morgan fingerprint density at radius 2 is 2.38 bits per heavy atom. The number of nitrogens with one attached hydrogen (secondary N) is 1. The molecule has 3 unspecified atom stereocenters. The van der Waals surface area contributed by atoms with Gasteiger partial charge in [-0.15, -0.1) is 0 Å². The van der Waals surface area contributed by atoms with Gasteiger partial charge >= 0.3 is 0 Å². The molecule has 2 heterocycles. The molecule has 13 heavy (non-hydrogen) atoms. The molecule has 74 valence electrons. The minimum Gasteiger partial charge on any atom is -0.373 e. The third-order valence-corrected chi connectivity index (χ3v) is 3.38. The largest absolute Gasteiger partial charge is 0.373 e. The quantitative estimate of drug-likeness (QED) is 0.790. The van der Waals surface area contributed by atoms with Gasteiger partial charge in [0.1, 0.15) is 0 Å². The van der Waals surface area contributed by atoms with E-state index in [1.54, 1.807) is 0 Å². The fourth-order valence-corrected chi connectivity index (χ4v) is 2.27. The highest BCUT2D eigenvalue weighted by molar-refractivity contribution is 6.36. The van der Waals surface area contributed by atoms with Crippen LogP contribution in [0, 0.1) is 0 Å². The first-order valence-electron chi connectivity index (χ1n) is 4.63. The number of hydrogen-bond donors (Lipinski definition) is 1. The zero-order valence-electron chi connectivity index (χ0n) is 7.30. The summed E-state index contributed by atoms with van der Waals surface area (Å²) in [4.78, 5) is 0. The SMILES string of the molecule is Cl/C=C(/Cl)CNC1CC2CCC1O2. The third-order valence-electron chi connectivity index (χ3n) is 2.76. The van der Waals surface area contributed by atoms with Crippen LogP contribution in [0.1, 0.15) is 19.3 Å². The van der Waals surface area contributed by atoms with Crippen LogP contribution in [0.5, 0.6) is 0 Å². The molecule has 2 aliphatic heterocycles. The van der Waals surface area contributed by atoms with Crippen molar-refractivity contribution in [1.82, 2.24) is 5.32 Å². The molecule has 0 aliphatic carbocycles. The van der Waals surface area contributed by atoms with Crippen molar-refractivity contribution in [3.05, 3.63) is 10.6 Å². The van der Waals surface area contributed by atoms with Crippen molar-refractivity contribution in [1.29, 1.82) is 0 Å². The van der Waals surface area contributed by atoms with E-state index >= 15 is 0 Å². The van der Waals surface area contributed by atoms with Gasteiger partial charge in [0.15, 0.2) is 0 Å². The molecule has 2 nitrogen and oxygen atoms in total. The summed E-state index contributed by atoms with van der Waals surface area (Å²) in [5, 5.41) is 4.01. The van der Waals surface area contributed by atoms with E-state index in [2.05, 4.69) is 5.32 Å². The molecule has 0 aromatic rings. The van der Waals surface area contributed by atoms with Gasteiger partial charge in [-0.05, 0) is 19.3 Å². The van der Waals surface area contributed by atoms with E-state index in [0.29, 0.717) is 29.8 Å². The second-order valence-electron chi connectivity index (χ2n) is 3.65. The second-order valence-corrected chi connectivity index (χ2v) is 4.36. The van der Waals surface area contributed by atoms with Gasteiger partial charge in [-0.25, -0.2) is 0 Å². The second kappa shape index (κ2) is 4.18. The minimum absolute atomic E-state index is 0.407. The van der Waals surface area contributed by atoms with Crippen LogP contribution in [0.4, 0.5) is 0 Å². The third kappa shape index (κ3) is 2.18. The fourth-order valence-electron chi connectivity index (χ4n) is 2.12. The Hall–Kier alpha value is 0.240. The first kappa shape index (κ1) is 9.78. The van der Waals surface area contributed by atoms with Crippen molar-refractivity contribution in [3.8, 4) is 0 Å². The predicted molar refractivity (Wildman–Crippen MR) is 54.1 cm³/mol. The molecule has 4 heteroatoms. The average Bonchev–Trinajstić information content (AvgIpc) is 2.74. The topological polar surface area (TPSA) is 21.3 Å². The number of ether oxygens (including phenoxy) is 1. The monoisotopic (exact) mass is 221 g/mol. The summed E-state index contributed by atoms with van der Waals surface area (Å²) in [6.07, 6.45) is 4.43. The van der Waals surface area contributed by atoms with Gasteiger partial charge in [-0.1, -0.05) is 23.2 Å². The van der Waals surface area contributed by atoms with E-state index in [1.165, 1.54) is 18.4 Å². The first-order chi connectivity index (χ1) is 6.29. The Bertz CT molecular complexity index is 220. The average molecular weight is 222 g/mol. The highest BCUT2D eigenvalue weighted by Gasteiger charge is 2.40. The van der Waals surface area contributed by atoms with Crippen LogP contribution in [-0.4, -0.2) is 24.8 Å². The van der Waals surface area contributed by atoms with Gasteiger partial charge in [-0.2, -0.15) is 0 Å². The fraction of sp³-hybridized carbons (Fsp3) is 0.778. The lowest BCUT2D eigenvalue weighted by atomic mass is 9.95. The van der Waals surface area contributed by atoms with Crippen LogP contribution >= 0.6 is 23.2 Å². The number of rotatable bonds is 3. The molecule has 2 bridgehead atoms. The van der Waals surface area contributed by atoms with Gasteiger partial charge in [0.25, 0.3) is 0 Å². The Balaban J connectivity index is 1.77. The lowest BCUT2D eigenvalue weighted by Crippen LogP contribution is -2.38. The zero-order chi connectivity index (χ0) is 9.26. The maximum Gasteiger partial charge on any atom is 0.0733 e.